The van der Waals surface area contributed by atoms with Gasteiger partial charge in [0.1, 0.15) is 5.75 Å². The zero-order valence-corrected chi connectivity index (χ0v) is 13.8. The Bertz CT molecular complexity index is 460. The monoisotopic (exact) mass is 369 g/mol. The van der Waals surface area contributed by atoms with Crippen molar-refractivity contribution in [3.8, 4) is 5.75 Å². The Balaban J connectivity index is 2.53. The molecule has 0 aliphatic rings. The summed E-state index contributed by atoms with van der Waals surface area (Å²) in [5, 5.41) is 3.26. The maximum Gasteiger partial charge on any atom is 0.387 e. The smallest absolute Gasteiger partial charge is 0.387 e. The molecule has 7 heteroatoms. The molecule has 2 unspecified atom stereocenters. The van der Waals surface area contributed by atoms with Crippen molar-refractivity contribution in [2.75, 3.05) is 12.8 Å². The Morgan fingerprint density at radius 1 is 1.45 bits per heavy atom. The number of halogens is 3. The van der Waals surface area contributed by atoms with Gasteiger partial charge in [-0.15, -0.1) is 0 Å². The van der Waals surface area contributed by atoms with E-state index in [9.17, 15) is 13.0 Å². The van der Waals surface area contributed by atoms with Crippen molar-refractivity contribution in [1.29, 1.82) is 0 Å². The van der Waals surface area contributed by atoms with Crippen LogP contribution in [0.25, 0.3) is 0 Å². The molecule has 0 spiro atoms. The average Bonchev–Trinajstić information content (AvgIpc) is 2.36. The predicted octanol–water partition coefficient (Wildman–Crippen LogP) is 3.30. The molecule has 3 nitrogen and oxygen atoms in total. The lowest BCUT2D eigenvalue weighted by molar-refractivity contribution is -0.0505. The van der Waals surface area contributed by atoms with Crippen molar-refractivity contribution in [1.82, 2.24) is 5.32 Å². The molecule has 20 heavy (non-hydrogen) atoms. The summed E-state index contributed by atoms with van der Waals surface area (Å²) in [5.74, 6) is 0.169. The molecule has 2 atom stereocenters. The summed E-state index contributed by atoms with van der Waals surface area (Å²) in [6.45, 7) is 0.172. The second kappa shape index (κ2) is 8.69. The minimum Gasteiger partial charge on any atom is -0.434 e. The molecule has 1 rings (SSSR count). The van der Waals surface area contributed by atoms with Gasteiger partial charge in [0.25, 0.3) is 0 Å². The molecule has 1 N–H and O–H groups in total. The van der Waals surface area contributed by atoms with E-state index in [4.69, 9.17) is 0 Å². The summed E-state index contributed by atoms with van der Waals surface area (Å²) >= 11 is 3.30. The fourth-order valence-electron chi connectivity index (χ4n) is 1.59. The highest BCUT2D eigenvalue weighted by Gasteiger charge is 2.10. The second-order valence-corrected chi connectivity index (χ2v) is 7.12. The molecule has 0 aliphatic carbocycles. The summed E-state index contributed by atoms with van der Waals surface area (Å²) in [6.07, 6.45) is 2.44. The molecule has 0 saturated heterocycles. The van der Waals surface area contributed by atoms with Gasteiger partial charge in [0.15, 0.2) is 0 Å². The average molecular weight is 370 g/mol. The second-order valence-electron chi connectivity index (χ2n) is 4.41. The molecule has 1 aromatic rings. The van der Waals surface area contributed by atoms with E-state index in [0.29, 0.717) is 18.7 Å². The van der Waals surface area contributed by atoms with Crippen molar-refractivity contribution < 1.29 is 17.7 Å². The molecule has 0 fully saturated rings. The molecule has 0 bridgehead atoms. The van der Waals surface area contributed by atoms with E-state index in [2.05, 4.69) is 26.0 Å². The van der Waals surface area contributed by atoms with Gasteiger partial charge in [-0.25, -0.2) is 0 Å². The van der Waals surface area contributed by atoms with E-state index in [1.165, 1.54) is 6.07 Å². The van der Waals surface area contributed by atoms with Crippen LogP contribution in [0.3, 0.4) is 0 Å². The number of benzene rings is 1. The van der Waals surface area contributed by atoms with Crippen LogP contribution in [0.5, 0.6) is 5.75 Å². The topological polar surface area (TPSA) is 38.3 Å². The number of alkyl halides is 2. The van der Waals surface area contributed by atoms with E-state index in [-0.39, 0.29) is 11.0 Å². The number of hydrogen-bond acceptors (Lipinski definition) is 3. The number of hydrogen-bond donors (Lipinski definition) is 1. The quantitative estimate of drug-likeness (QED) is 0.714. The van der Waals surface area contributed by atoms with E-state index in [1.54, 1.807) is 18.4 Å². The molecular formula is C13H18BrF2NO2S. The molecule has 0 radical (unpaired) electrons. The van der Waals surface area contributed by atoms with Gasteiger partial charge < -0.3 is 10.1 Å². The van der Waals surface area contributed by atoms with E-state index in [1.807, 2.05) is 6.92 Å². The molecule has 0 saturated carbocycles. The number of nitrogens with one attached hydrogen (secondary N) is 1. The van der Waals surface area contributed by atoms with Crippen LogP contribution in [0.1, 0.15) is 18.9 Å². The first-order valence-electron chi connectivity index (χ1n) is 6.16. The van der Waals surface area contributed by atoms with Gasteiger partial charge in [0.05, 0.1) is 0 Å². The molecule has 0 amide bonds. The third kappa shape index (κ3) is 6.28. The summed E-state index contributed by atoms with van der Waals surface area (Å²) in [4.78, 5) is 0. The van der Waals surface area contributed by atoms with Crippen LogP contribution in [0.15, 0.2) is 22.7 Å². The third-order valence-corrected chi connectivity index (χ3v) is 4.71. The van der Waals surface area contributed by atoms with Crippen LogP contribution in [0.2, 0.25) is 0 Å². The largest absolute Gasteiger partial charge is 0.434 e. The highest BCUT2D eigenvalue weighted by molar-refractivity contribution is 9.10. The van der Waals surface area contributed by atoms with Crippen LogP contribution < -0.4 is 10.1 Å². The first kappa shape index (κ1) is 17.5. The van der Waals surface area contributed by atoms with Crippen molar-refractivity contribution in [2.24, 2.45) is 0 Å². The molecule has 114 valence electrons. The Hall–Kier alpha value is -0.530. The van der Waals surface area contributed by atoms with E-state index >= 15 is 0 Å². The molecular weight excluding hydrogens is 352 g/mol. The fraction of sp³-hybridized carbons (Fsp3) is 0.538. The summed E-state index contributed by atoms with van der Waals surface area (Å²) < 4.78 is 41.1. The zero-order valence-electron chi connectivity index (χ0n) is 11.4. The van der Waals surface area contributed by atoms with Crippen molar-refractivity contribution in [2.45, 2.75) is 31.8 Å². The van der Waals surface area contributed by atoms with Gasteiger partial charge in [-0.2, -0.15) is 8.78 Å². The minimum absolute atomic E-state index is 0.113. The summed E-state index contributed by atoms with van der Waals surface area (Å²) in [7, 11) is -0.845. The number of rotatable bonds is 8. The Kier molecular flexibility index (Phi) is 7.61. The maximum absolute atomic E-state index is 12.3. The van der Waals surface area contributed by atoms with Crippen molar-refractivity contribution in [3.63, 3.8) is 0 Å². The van der Waals surface area contributed by atoms with Gasteiger partial charge in [-0.3, -0.25) is 4.21 Å². The predicted molar refractivity (Wildman–Crippen MR) is 80.6 cm³/mol. The van der Waals surface area contributed by atoms with Gasteiger partial charge in [0, 0.05) is 38.9 Å². The minimum atomic E-state index is -2.84. The van der Waals surface area contributed by atoms with E-state index in [0.717, 1.165) is 10.9 Å². The number of ether oxygens (including phenoxy) is 1. The van der Waals surface area contributed by atoms with Gasteiger partial charge >= 0.3 is 6.61 Å². The highest BCUT2D eigenvalue weighted by atomic mass is 79.9. The molecule has 0 heterocycles. The third-order valence-electron chi connectivity index (χ3n) is 2.85. The summed E-state index contributed by atoms with van der Waals surface area (Å²) in [6, 6.07) is 4.91. The SMILES string of the molecule is CC(CCNCc1cc(Br)ccc1OC(F)F)S(C)=O. The van der Waals surface area contributed by atoms with Crippen molar-refractivity contribution in [3.05, 3.63) is 28.2 Å². The summed E-state index contributed by atoms with van der Waals surface area (Å²) in [5.41, 5.74) is 0.657. The molecule has 0 aromatic heterocycles. The lowest BCUT2D eigenvalue weighted by atomic mass is 10.2. The Morgan fingerprint density at radius 2 is 2.15 bits per heavy atom. The van der Waals surface area contributed by atoms with E-state index < -0.39 is 17.4 Å². The first-order chi connectivity index (χ1) is 9.40. The first-order valence-corrected chi connectivity index (χ1v) is 8.57. The van der Waals surface area contributed by atoms with Gasteiger partial charge in [-0.1, -0.05) is 22.9 Å². The highest BCUT2D eigenvalue weighted by Crippen LogP contribution is 2.24. The van der Waals surface area contributed by atoms with Crippen molar-refractivity contribution >= 4 is 26.7 Å². The van der Waals surface area contributed by atoms with Crippen LogP contribution in [0, 0.1) is 0 Å². The standard InChI is InChI=1S/C13H18BrF2NO2S/c1-9(20(2)18)5-6-17-8-10-7-11(14)3-4-12(10)19-13(15)16/h3-4,7,9,13,17H,5-6,8H2,1-2H3. The van der Waals surface area contributed by atoms with Crippen LogP contribution in [-0.2, 0) is 17.3 Å². The van der Waals surface area contributed by atoms with Crippen LogP contribution in [-0.4, -0.2) is 28.9 Å². The molecule has 1 aromatic carbocycles. The lowest BCUT2D eigenvalue weighted by Gasteiger charge is -2.13. The fourth-order valence-corrected chi connectivity index (χ4v) is 2.45. The van der Waals surface area contributed by atoms with Crippen LogP contribution >= 0.6 is 15.9 Å². The Morgan fingerprint density at radius 3 is 2.75 bits per heavy atom. The normalized spacial score (nSPS) is 14.3. The van der Waals surface area contributed by atoms with Gasteiger partial charge in [0.2, 0.25) is 0 Å². The zero-order chi connectivity index (χ0) is 15.1. The van der Waals surface area contributed by atoms with Crippen LogP contribution in [0.4, 0.5) is 8.78 Å². The Labute approximate surface area is 128 Å². The maximum atomic E-state index is 12.3. The van der Waals surface area contributed by atoms with Gasteiger partial charge in [-0.05, 0) is 31.2 Å². The lowest BCUT2D eigenvalue weighted by Crippen LogP contribution is -2.21. The molecule has 0 aliphatic heterocycles.